The van der Waals surface area contributed by atoms with E-state index in [9.17, 15) is 4.79 Å². The van der Waals surface area contributed by atoms with Crippen LogP contribution in [0.25, 0.3) is 0 Å². The molecule has 0 heterocycles. The standard InChI is InChI=1S/C22H21NO/c1-17-10-8-9-15-20(17)22(19-13-6-3-7-14-19)23-21(24)16-18-11-4-2-5-12-18/h2-15,22H,16H2,1H3,(H,23,24)/t22-/m1/s1. The van der Waals surface area contributed by atoms with Gasteiger partial charge in [0.1, 0.15) is 0 Å². The molecule has 0 bridgehead atoms. The number of benzene rings is 3. The average Bonchev–Trinajstić information content (AvgIpc) is 2.62. The monoisotopic (exact) mass is 315 g/mol. The minimum Gasteiger partial charge on any atom is -0.345 e. The van der Waals surface area contributed by atoms with Crippen LogP contribution in [0.2, 0.25) is 0 Å². The second-order valence-electron chi connectivity index (χ2n) is 5.93. The Bertz CT molecular complexity index is 796. The van der Waals surface area contributed by atoms with Gasteiger partial charge in [0.2, 0.25) is 5.91 Å². The first kappa shape index (κ1) is 16.0. The molecule has 0 aliphatic rings. The third kappa shape index (κ3) is 3.90. The van der Waals surface area contributed by atoms with Crippen molar-refractivity contribution >= 4 is 5.91 Å². The van der Waals surface area contributed by atoms with E-state index in [1.807, 2.05) is 60.7 Å². The molecule has 0 aromatic heterocycles. The maximum atomic E-state index is 12.6. The van der Waals surface area contributed by atoms with E-state index in [0.29, 0.717) is 6.42 Å². The molecule has 2 nitrogen and oxygen atoms in total. The van der Waals surface area contributed by atoms with Crippen LogP contribution in [0, 0.1) is 6.92 Å². The van der Waals surface area contributed by atoms with Crippen LogP contribution in [0.4, 0.5) is 0 Å². The zero-order chi connectivity index (χ0) is 16.8. The van der Waals surface area contributed by atoms with Crippen molar-refractivity contribution < 1.29 is 4.79 Å². The number of rotatable bonds is 5. The molecule has 1 N–H and O–H groups in total. The van der Waals surface area contributed by atoms with Crippen molar-refractivity contribution in [2.45, 2.75) is 19.4 Å². The Hall–Kier alpha value is -2.87. The largest absolute Gasteiger partial charge is 0.345 e. The summed E-state index contributed by atoms with van der Waals surface area (Å²) in [7, 11) is 0. The maximum absolute atomic E-state index is 12.6. The van der Waals surface area contributed by atoms with Gasteiger partial charge in [0.05, 0.1) is 12.5 Å². The first-order valence-electron chi connectivity index (χ1n) is 8.18. The van der Waals surface area contributed by atoms with E-state index in [1.165, 1.54) is 5.56 Å². The summed E-state index contributed by atoms with van der Waals surface area (Å²) in [6.07, 6.45) is 0.385. The van der Waals surface area contributed by atoms with E-state index < -0.39 is 0 Å². The van der Waals surface area contributed by atoms with Crippen molar-refractivity contribution in [3.63, 3.8) is 0 Å². The van der Waals surface area contributed by atoms with Gasteiger partial charge in [0.25, 0.3) is 0 Å². The summed E-state index contributed by atoms with van der Waals surface area (Å²) < 4.78 is 0. The lowest BCUT2D eigenvalue weighted by atomic mass is 9.94. The number of amides is 1. The van der Waals surface area contributed by atoms with Gasteiger partial charge in [-0.25, -0.2) is 0 Å². The van der Waals surface area contributed by atoms with Gasteiger partial charge in [0.15, 0.2) is 0 Å². The SMILES string of the molecule is Cc1ccccc1[C@H](NC(=O)Cc1ccccc1)c1ccccc1. The van der Waals surface area contributed by atoms with Crippen molar-refractivity contribution in [2.24, 2.45) is 0 Å². The lowest BCUT2D eigenvalue weighted by molar-refractivity contribution is -0.120. The van der Waals surface area contributed by atoms with Crippen LogP contribution >= 0.6 is 0 Å². The second kappa shape index (κ2) is 7.60. The molecular formula is C22H21NO. The topological polar surface area (TPSA) is 29.1 Å². The van der Waals surface area contributed by atoms with Crippen molar-refractivity contribution in [2.75, 3.05) is 0 Å². The fourth-order valence-electron chi connectivity index (χ4n) is 2.89. The Morgan fingerprint density at radius 2 is 1.42 bits per heavy atom. The van der Waals surface area contributed by atoms with Crippen molar-refractivity contribution in [3.05, 3.63) is 107 Å². The molecule has 3 aromatic carbocycles. The fourth-order valence-corrected chi connectivity index (χ4v) is 2.89. The Kier molecular flexibility index (Phi) is 5.07. The highest BCUT2D eigenvalue weighted by molar-refractivity contribution is 5.79. The quantitative estimate of drug-likeness (QED) is 0.741. The summed E-state index contributed by atoms with van der Waals surface area (Å²) in [5.41, 5.74) is 4.41. The summed E-state index contributed by atoms with van der Waals surface area (Å²) in [6, 6.07) is 28.0. The fraction of sp³-hybridized carbons (Fsp3) is 0.136. The Morgan fingerprint density at radius 3 is 2.08 bits per heavy atom. The summed E-state index contributed by atoms with van der Waals surface area (Å²) in [6.45, 7) is 2.08. The number of carbonyl (C=O) groups is 1. The third-order valence-electron chi connectivity index (χ3n) is 4.15. The first-order valence-corrected chi connectivity index (χ1v) is 8.18. The van der Waals surface area contributed by atoms with Crippen molar-refractivity contribution in [1.82, 2.24) is 5.32 Å². The molecule has 1 amide bonds. The highest BCUT2D eigenvalue weighted by Crippen LogP contribution is 2.24. The molecule has 3 aromatic rings. The van der Waals surface area contributed by atoms with Gasteiger partial charge in [-0.3, -0.25) is 4.79 Å². The van der Waals surface area contributed by atoms with E-state index in [4.69, 9.17) is 0 Å². The van der Waals surface area contributed by atoms with Gasteiger partial charge in [-0.15, -0.1) is 0 Å². The molecule has 0 radical (unpaired) electrons. The highest BCUT2D eigenvalue weighted by atomic mass is 16.1. The van der Waals surface area contributed by atoms with Gasteiger partial charge < -0.3 is 5.32 Å². The predicted molar refractivity (Wildman–Crippen MR) is 97.8 cm³/mol. The summed E-state index contributed by atoms with van der Waals surface area (Å²) >= 11 is 0. The lowest BCUT2D eigenvalue weighted by Crippen LogP contribution is -2.31. The van der Waals surface area contributed by atoms with Crippen molar-refractivity contribution in [1.29, 1.82) is 0 Å². The van der Waals surface area contributed by atoms with Crippen LogP contribution in [0.5, 0.6) is 0 Å². The van der Waals surface area contributed by atoms with E-state index in [2.05, 4.69) is 36.5 Å². The van der Waals surface area contributed by atoms with E-state index in [0.717, 1.165) is 16.7 Å². The van der Waals surface area contributed by atoms with Crippen LogP contribution in [-0.2, 0) is 11.2 Å². The minimum absolute atomic E-state index is 0.0262. The molecule has 0 saturated heterocycles. The number of carbonyl (C=O) groups excluding carboxylic acids is 1. The van der Waals surface area contributed by atoms with E-state index in [-0.39, 0.29) is 11.9 Å². The molecule has 0 unspecified atom stereocenters. The molecule has 0 fully saturated rings. The Morgan fingerprint density at radius 1 is 0.833 bits per heavy atom. The second-order valence-corrected chi connectivity index (χ2v) is 5.93. The molecule has 0 aliphatic heterocycles. The third-order valence-corrected chi connectivity index (χ3v) is 4.15. The molecule has 0 spiro atoms. The number of nitrogens with one attached hydrogen (secondary N) is 1. The van der Waals surface area contributed by atoms with Crippen LogP contribution in [0.15, 0.2) is 84.9 Å². The van der Waals surface area contributed by atoms with Crippen LogP contribution in [-0.4, -0.2) is 5.91 Å². The van der Waals surface area contributed by atoms with Crippen LogP contribution < -0.4 is 5.32 Å². The first-order chi connectivity index (χ1) is 11.7. The number of hydrogen-bond acceptors (Lipinski definition) is 1. The Labute approximate surface area is 143 Å². The summed E-state index contributed by atoms with van der Waals surface area (Å²) in [5.74, 6) is 0.0262. The minimum atomic E-state index is -0.136. The average molecular weight is 315 g/mol. The zero-order valence-corrected chi connectivity index (χ0v) is 13.8. The lowest BCUT2D eigenvalue weighted by Gasteiger charge is -2.21. The normalized spacial score (nSPS) is 11.7. The molecule has 1 atom stereocenters. The molecular weight excluding hydrogens is 294 g/mol. The molecule has 24 heavy (non-hydrogen) atoms. The van der Waals surface area contributed by atoms with Gasteiger partial charge in [0, 0.05) is 0 Å². The molecule has 0 saturated carbocycles. The van der Waals surface area contributed by atoms with Gasteiger partial charge >= 0.3 is 0 Å². The molecule has 120 valence electrons. The maximum Gasteiger partial charge on any atom is 0.225 e. The predicted octanol–water partition coefficient (Wildman–Crippen LogP) is 4.44. The van der Waals surface area contributed by atoms with E-state index >= 15 is 0 Å². The molecule has 0 aliphatic carbocycles. The Balaban J connectivity index is 1.86. The molecule has 3 rings (SSSR count). The van der Waals surface area contributed by atoms with Gasteiger partial charge in [-0.05, 0) is 29.2 Å². The van der Waals surface area contributed by atoms with Crippen LogP contribution in [0.1, 0.15) is 28.3 Å². The number of hydrogen-bond donors (Lipinski definition) is 1. The summed E-state index contributed by atoms with van der Waals surface area (Å²) in [4.78, 5) is 12.6. The molecule has 2 heteroatoms. The highest BCUT2D eigenvalue weighted by Gasteiger charge is 2.18. The smallest absolute Gasteiger partial charge is 0.225 e. The number of aryl methyl sites for hydroxylation is 1. The van der Waals surface area contributed by atoms with Crippen molar-refractivity contribution in [3.8, 4) is 0 Å². The van der Waals surface area contributed by atoms with E-state index in [1.54, 1.807) is 0 Å². The van der Waals surface area contributed by atoms with Crippen LogP contribution in [0.3, 0.4) is 0 Å². The van der Waals surface area contributed by atoms with Gasteiger partial charge in [-0.2, -0.15) is 0 Å². The summed E-state index contributed by atoms with van der Waals surface area (Å²) in [5, 5.41) is 3.20. The van der Waals surface area contributed by atoms with Gasteiger partial charge in [-0.1, -0.05) is 84.9 Å². The zero-order valence-electron chi connectivity index (χ0n) is 13.8.